The molecule has 0 saturated heterocycles. The molecular weight excluding hydrogens is 394 g/mol. The summed E-state index contributed by atoms with van der Waals surface area (Å²) >= 11 is 1.80. The van der Waals surface area contributed by atoms with Crippen LogP contribution in [0.4, 0.5) is 11.5 Å². The van der Waals surface area contributed by atoms with Gasteiger partial charge >= 0.3 is 5.97 Å². The molecule has 156 valence electrons. The van der Waals surface area contributed by atoms with Crippen LogP contribution in [0.15, 0.2) is 30.6 Å². The molecule has 1 fully saturated rings. The van der Waals surface area contributed by atoms with E-state index in [1.807, 2.05) is 24.3 Å². The Balaban J connectivity index is 1.34. The Morgan fingerprint density at radius 1 is 1.10 bits per heavy atom. The molecule has 2 heterocycles. The SMILES string of the molecule is CC1CCc2c(sc3ncnc(Nc4ccc(C(=O)OC5CCCCC5)cc4)c23)C1. The van der Waals surface area contributed by atoms with E-state index in [0.717, 1.165) is 66.2 Å². The molecule has 3 aromatic rings. The molecule has 2 aromatic heterocycles. The molecular formula is C24H27N3O2S. The average molecular weight is 422 g/mol. The lowest BCUT2D eigenvalue weighted by Crippen LogP contribution is -2.20. The second-order valence-corrected chi connectivity index (χ2v) is 9.71. The Labute approximate surface area is 180 Å². The van der Waals surface area contributed by atoms with Crippen LogP contribution in [-0.2, 0) is 17.6 Å². The molecule has 2 aliphatic rings. The minimum Gasteiger partial charge on any atom is -0.459 e. The second kappa shape index (κ2) is 8.34. The summed E-state index contributed by atoms with van der Waals surface area (Å²) < 4.78 is 5.68. The Morgan fingerprint density at radius 2 is 1.90 bits per heavy atom. The maximum absolute atomic E-state index is 12.4. The molecule has 2 aliphatic carbocycles. The van der Waals surface area contributed by atoms with Gasteiger partial charge in [0.1, 0.15) is 23.1 Å². The highest BCUT2D eigenvalue weighted by atomic mass is 32.1. The number of aryl methyl sites for hydroxylation is 1. The van der Waals surface area contributed by atoms with Crippen molar-refractivity contribution in [3.05, 3.63) is 46.6 Å². The van der Waals surface area contributed by atoms with E-state index in [4.69, 9.17) is 4.74 Å². The first-order valence-electron chi connectivity index (χ1n) is 11.0. The predicted molar refractivity (Wildman–Crippen MR) is 121 cm³/mol. The number of hydrogen-bond acceptors (Lipinski definition) is 6. The number of ether oxygens (including phenoxy) is 1. The Bertz CT molecular complexity index is 1050. The van der Waals surface area contributed by atoms with Gasteiger partial charge in [-0.1, -0.05) is 13.3 Å². The topological polar surface area (TPSA) is 64.1 Å². The smallest absolute Gasteiger partial charge is 0.338 e. The molecule has 5 nitrogen and oxygen atoms in total. The quantitative estimate of drug-likeness (QED) is 0.520. The van der Waals surface area contributed by atoms with Crippen LogP contribution in [0.5, 0.6) is 0 Å². The van der Waals surface area contributed by atoms with E-state index in [0.29, 0.717) is 5.56 Å². The molecule has 0 bridgehead atoms. The summed E-state index contributed by atoms with van der Waals surface area (Å²) in [5.74, 6) is 1.36. The third-order valence-corrected chi connectivity index (χ3v) is 7.46. The Hall–Kier alpha value is -2.47. The minimum atomic E-state index is -0.223. The second-order valence-electron chi connectivity index (χ2n) is 8.62. The van der Waals surface area contributed by atoms with E-state index in [1.54, 1.807) is 17.7 Å². The van der Waals surface area contributed by atoms with Crippen LogP contribution in [0.3, 0.4) is 0 Å². The van der Waals surface area contributed by atoms with Gasteiger partial charge in [0.2, 0.25) is 0 Å². The number of rotatable bonds is 4. The number of esters is 1. The monoisotopic (exact) mass is 421 g/mol. The molecule has 1 saturated carbocycles. The van der Waals surface area contributed by atoms with Gasteiger partial charge in [-0.15, -0.1) is 11.3 Å². The number of nitrogens with zero attached hydrogens (tertiary/aromatic N) is 2. The number of thiophene rings is 1. The van der Waals surface area contributed by atoms with E-state index in [2.05, 4.69) is 22.2 Å². The number of aromatic nitrogens is 2. The number of anilines is 2. The van der Waals surface area contributed by atoms with Crippen molar-refractivity contribution >= 4 is 39.0 Å². The van der Waals surface area contributed by atoms with Crippen LogP contribution in [0, 0.1) is 5.92 Å². The molecule has 30 heavy (non-hydrogen) atoms. The van der Waals surface area contributed by atoms with E-state index in [1.165, 1.54) is 23.3 Å². The number of benzene rings is 1. The van der Waals surface area contributed by atoms with E-state index < -0.39 is 0 Å². The van der Waals surface area contributed by atoms with Crippen LogP contribution in [0.25, 0.3) is 10.2 Å². The van der Waals surface area contributed by atoms with Crippen molar-refractivity contribution in [3.63, 3.8) is 0 Å². The lowest BCUT2D eigenvalue weighted by Gasteiger charge is -2.21. The van der Waals surface area contributed by atoms with E-state index in [9.17, 15) is 4.79 Å². The summed E-state index contributed by atoms with van der Waals surface area (Å²) in [6.45, 7) is 2.32. The van der Waals surface area contributed by atoms with E-state index in [-0.39, 0.29) is 12.1 Å². The lowest BCUT2D eigenvalue weighted by atomic mass is 9.89. The molecule has 1 N–H and O–H groups in total. The molecule has 5 rings (SSSR count). The van der Waals surface area contributed by atoms with Gasteiger partial charge in [-0.25, -0.2) is 14.8 Å². The van der Waals surface area contributed by atoms with Crippen molar-refractivity contribution in [2.75, 3.05) is 5.32 Å². The fourth-order valence-electron chi connectivity index (χ4n) is 4.60. The maximum Gasteiger partial charge on any atom is 0.338 e. The summed E-state index contributed by atoms with van der Waals surface area (Å²) in [7, 11) is 0. The number of nitrogens with one attached hydrogen (secondary N) is 1. The molecule has 0 aliphatic heterocycles. The fraction of sp³-hybridized carbons (Fsp3) is 0.458. The van der Waals surface area contributed by atoms with Gasteiger partial charge in [-0.3, -0.25) is 0 Å². The average Bonchev–Trinajstić information content (AvgIpc) is 3.13. The van der Waals surface area contributed by atoms with Gasteiger partial charge in [0, 0.05) is 10.6 Å². The first kappa shape index (κ1) is 19.5. The van der Waals surface area contributed by atoms with Crippen molar-refractivity contribution in [3.8, 4) is 0 Å². The molecule has 0 amide bonds. The van der Waals surface area contributed by atoms with Crippen LogP contribution < -0.4 is 5.32 Å². The van der Waals surface area contributed by atoms with Gasteiger partial charge in [0.05, 0.1) is 10.9 Å². The normalized spacial score (nSPS) is 19.4. The summed E-state index contributed by atoms with van der Waals surface area (Å²) in [6, 6.07) is 7.51. The van der Waals surface area contributed by atoms with Crippen LogP contribution in [0.2, 0.25) is 0 Å². The highest BCUT2D eigenvalue weighted by Crippen LogP contribution is 2.40. The lowest BCUT2D eigenvalue weighted by molar-refractivity contribution is 0.0211. The Kier molecular flexibility index (Phi) is 5.42. The molecule has 6 heteroatoms. The third-order valence-electron chi connectivity index (χ3n) is 6.30. The minimum absolute atomic E-state index is 0.0749. The number of hydrogen-bond donors (Lipinski definition) is 1. The molecule has 1 aromatic carbocycles. The largest absolute Gasteiger partial charge is 0.459 e. The summed E-state index contributed by atoms with van der Waals surface area (Å²) in [4.78, 5) is 24.0. The van der Waals surface area contributed by atoms with Crippen molar-refractivity contribution < 1.29 is 9.53 Å². The fourth-order valence-corrected chi connectivity index (χ4v) is 5.95. The van der Waals surface area contributed by atoms with Gasteiger partial charge in [0.25, 0.3) is 0 Å². The predicted octanol–water partition coefficient (Wildman–Crippen LogP) is 6.05. The zero-order valence-electron chi connectivity index (χ0n) is 17.3. The standard InChI is InChI=1S/C24H27N3O2S/c1-15-7-12-19-20(13-15)30-23-21(19)22(25-14-26-23)27-17-10-8-16(9-11-17)24(28)29-18-5-3-2-4-6-18/h8-11,14-15,18H,2-7,12-13H2,1H3,(H,25,26,27). The molecule has 1 atom stereocenters. The van der Waals surface area contributed by atoms with Crippen molar-refractivity contribution in [1.82, 2.24) is 9.97 Å². The molecule has 1 unspecified atom stereocenters. The van der Waals surface area contributed by atoms with Crippen LogP contribution >= 0.6 is 11.3 Å². The highest BCUT2D eigenvalue weighted by molar-refractivity contribution is 7.19. The number of carbonyl (C=O) groups excluding carboxylic acids is 1. The summed E-state index contributed by atoms with van der Waals surface area (Å²) in [5.41, 5.74) is 2.91. The first-order valence-corrected chi connectivity index (χ1v) is 11.8. The summed E-state index contributed by atoms with van der Waals surface area (Å²) in [5, 5.41) is 4.60. The van der Waals surface area contributed by atoms with Crippen molar-refractivity contribution in [2.45, 2.75) is 64.4 Å². The highest BCUT2D eigenvalue weighted by Gasteiger charge is 2.23. The molecule has 0 radical (unpaired) electrons. The third kappa shape index (κ3) is 3.93. The van der Waals surface area contributed by atoms with Gasteiger partial charge in [0.15, 0.2) is 0 Å². The van der Waals surface area contributed by atoms with E-state index >= 15 is 0 Å². The first-order chi connectivity index (χ1) is 14.7. The number of fused-ring (bicyclic) bond motifs is 3. The maximum atomic E-state index is 12.4. The number of carbonyl (C=O) groups is 1. The van der Waals surface area contributed by atoms with Gasteiger partial charge in [-0.2, -0.15) is 0 Å². The zero-order valence-corrected chi connectivity index (χ0v) is 18.1. The van der Waals surface area contributed by atoms with Gasteiger partial charge in [-0.05, 0) is 80.7 Å². The van der Waals surface area contributed by atoms with Crippen molar-refractivity contribution in [2.24, 2.45) is 5.92 Å². The molecule has 0 spiro atoms. The van der Waals surface area contributed by atoms with Crippen molar-refractivity contribution in [1.29, 1.82) is 0 Å². The Morgan fingerprint density at radius 3 is 2.70 bits per heavy atom. The van der Waals surface area contributed by atoms with Crippen LogP contribution in [0.1, 0.15) is 66.2 Å². The summed E-state index contributed by atoms with van der Waals surface area (Å²) in [6.07, 6.45) is 10.7. The zero-order chi connectivity index (χ0) is 20.5. The van der Waals surface area contributed by atoms with Gasteiger partial charge < -0.3 is 10.1 Å². The van der Waals surface area contributed by atoms with Crippen LogP contribution in [-0.4, -0.2) is 22.0 Å².